The lowest BCUT2D eigenvalue weighted by Gasteiger charge is -2.12. The van der Waals surface area contributed by atoms with Crippen molar-refractivity contribution in [3.05, 3.63) is 64.2 Å². The van der Waals surface area contributed by atoms with E-state index in [9.17, 15) is 22.4 Å². The van der Waals surface area contributed by atoms with Crippen LogP contribution in [0.3, 0.4) is 0 Å². The fraction of sp³-hybridized carbons (Fsp3) is 0.0667. The number of H-pyrrole nitrogens is 1. The monoisotopic (exact) mass is 308 g/mol. The summed E-state index contributed by atoms with van der Waals surface area (Å²) >= 11 is 0. The summed E-state index contributed by atoms with van der Waals surface area (Å²) in [6.45, 7) is 0. The van der Waals surface area contributed by atoms with Crippen molar-refractivity contribution in [2.24, 2.45) is 0 Å². The van der Waals surface area contributed by atoms with Gasteiger partial charge in [0.15, 0.2) is 0 Å². The molecule has 1 N–H and O–H groups in total. The van der Waals surface area contributed by atoms with E-state index in [1.54, 1.807) is 12.1 Å². The molecular formula is C15H8F4N2O. The summed E-state index contributed by atoms with van der Waals surface area (Å²) in [5, 5.41) is 0.246. The van der Waals surface area contributed by atoms with Crippen LogP contribution in [0.5, 0.6) is 0 Å². The van der Waals surface area contributed by atoms with Crippen molar-refractivity contribution in [3.63, 3.8) is 0 Å². The van der Waals surface area contributed by atoms with Gasteiger partial charge in [-0.1, -0.05) is 12.1 Å². The van der Waals surface area contributed by atoms with Crippen LogP contribution in [0.25, 0.3) is 22.3 Å². The number of hydrogen-bond acceptors (Lipinski definition) is 2. The van der Waals surface area contributed by atoms with Gasteiger partial charge in [0.05, 0.1) is 16.5 Å². The Morgan fingerprint density at radius 2 is 1.77 bits per heavy atom. The molecule has 0 saturated heterocycles. The molecule has 0 spiro atoms. The largest absolute Gasteiger partial charge is 0.417 e. The quantitative estimate of drug-likeness (QED) is 0.696. The highest BCUT2D eigenvalue weighted by molar-refractivity contribution is 5.79. The Balaban J connectivity index is 2.32. The molecule has 0 aliphatic heterocycles. The lowest BCUT2D eigenvalue weighted by Crippen LogP contribution is -2.13. The zero-order valence-electron chi connectivity index (χ0n) is 10.9. The van der Waals surface area contributed by atoms with Gasteiger partial charge >= 0.3 is 6.18 Å². The van der Waals surface area contributed by atoms with E-state index < -0.39 is 28.7 Å². The first-order valence-electron chi connectivity index (χ1n) is 6.22. The average molecular weight is 308 g/mol. The minimum absolute atomic E-state index is 0.235. The molecule has 0 aliphatic carbocycles. The Bertz CT molecular complexity index is 915. The summed E-state index contributed by atoms with van der Waals surface area (Å²) in [4.78, 5) is 18.2. The molecule has 3 rings (SSSR count). The fourth-order valence-corrected chi connectivity index (χ4v) is 2.17. The average Bonchev–Trinajstić information content (AvgIpc) is 2.46. The Morgan fingerprint density at radius 1 is 1.05 bits per heavy atom. The molecular weight excluding hydrogens is 300 g/mol. The molecule has 112 valence electrons. The number of fused-ring (bicyclic) bond motifs is 1. The number of rotatable bonds is 1. The van der Waals surface area contributed by atoms with E-state index in [4.69, 9.17) is 0 Å². The highest BCUT2D eigenvalue weighted by atomic mass is 19.4. The van der Waals surface area contributed by atoms with Gasteiger partial charge in [0.1, 0.15) is 11.6 Å². The number of nitrogens with one attached hydrogen (secondary N) is 1. The number of nitrogens with zero attached hydrogens (tertiary/aromatic N) is 1. The van der Waals surface area contributed by atoms with Crippen LogP contribution in [0.4, 0.5) is 17.6 Å². The van der Waals surface area contributed by atoms with Crippen LogP contribution in [0.15, 0.2) is 47.3 Å². The third-order valence-corrected chi connectivity index (χ3v) is 3.15. The molecule has 2 aromatic carbocycles. The van der Waals surface area contributed by atoms with Crippen LogP contribution in [-0.2, 0) is 6.18 Å². The summed E-state index contributed by atoms with van der Waals surface area (Å²) in [5.74, 6) is -1.17. The molecule has 1 heterocycles. The first-order chi connectivity index (χ1) is 10.4. The molecule has 0 atom stereocenters. The third-order valence-electron chi connectivity index (χ3n) is 3.15. The Labute approximate surface area is 121 Å². The molecule has 0 aliphatic rings. The van der Waals surface area contributed by atoms with Crippen molar-refractivity contribution in [1.82, 2.24) is 9.97 Å². The number of hydrogen-bond donors (Lipinski definition) is 1. The van der Waals surface area contributed by atoms with Crippen LogP contribution in [0.1, 0.15) is 5.56 Å². The molecule has 3 nitrogen and oxygen atoms in total. The minimum atomic E-state index is -4.69. The van der Waals surface area contributed by atoms with Crippen LogP contribution >= 0.6 is 0 Å². The van der Waals surface area contributed by atoms with Crippen LogP contribution < -0.4 is 5.56 Å². The number of para-hydroxylation sites is 1. The molecule has 0 radical (unpaired) electrons. The second-order valence-corrected chi connectivity index (χ2v) is 4.62. The zero-order valence-corrected chi connectivity index (χ0v) is 10.9. The van der Waals surface area contributed by atoms with E-state index in [-0.39, 0.29) is 16.7 Å². The van der Waals surface area contributed by atoms with Crippen molar-refractivity contribution in [3.8, 4) is 11.4 Å². The molecule has 0 unspecified atom stereocenters. The summed E-state index contributed by atoms with van der Waals surface area (Å²) in [6, 6.07) is 8.26. The predicted octanol–water partition coefficient (Wildman–Crippen LogP) is 3.75. The van der Waals surface area contributed by atoms with Gasteiger partial charge in [-0.2, -0.15) is 13.2 Å². The van der Waals surface area contributed by atoms with Gasteiger partial charge in [-0.25, -0.2) is 9.37 Å². The van der Waals surface area contributed by atoms with E-state index in [0.29, 0.717) is 18.2 Å². The maximum absolute atomic E-state index is 13.3. The van der Waals surface area contributed by atoms with Gasteiger partial charge in [0.25, 0.3) is 5.56 Å². The Kier molecular flexibility index (Phi) is 3.20. The van der Waals surface area contributed by atoms with Crippen molar-refractivity contribution in [2.45, 2.75) is 6.18 Å². The minimum Gasteiger partial charge on any atom is -0.306 e. The third kappa shape index (κ3) is 2.45. The summed E-state index contributed by atoms with van der Waals surface area (Å²) in [7, 11) is 0. The summed E-state index contributed by atoms with van der Waals surface area (Å²) < 4.78 is 52.5. The van der Waals surface area contributed by atoms with E-state index in [2.05, 4.69) is 9.97 Å². The van der Waals surface area contributed by atoms with Gasteiger partial charge < -0.3 is 4.98 Å². The van der Waals surface area contributed by atoms with Crippen LogP contribution in [0.2, 0.25) is 0 Å². The molecule has 22 heavy (non-hydrogen) atoms. The molecule has 7 heteroatoms. The number of benzene rings is 2. The number of halogens is 4. The molecule has 0 bridgehead atoms. The Hall–Kier alpha value is -2.70. The topological polar surface area (TPSA) is 45.8 Å². The van der Waals surface area contributed by atoms with E-state index in [1.165, 1.54) is 12.1 Å². The number of alkyl halides is 3. The molecule has 0 amide bonds. The maximum atomic E-state index is 13.3. The van der Waals surface area contributed by atoms with Gasteiger partial charge in [-0.05, 0) is 30.3 Å². The van der Waals surface area contributed by atoms with Gasteiger partial charge in [-0.3, -0.25) is 4.79 Å². The van der Waals surface area contributed by atoms with E-state index in [0.717, 1.165) is 0 Å². The van der Waals surface area contributed by atoms with E-state index in [1.807, 2.05) is 0 Å². The highest BCUT2D eigenvalue weighted by Crippen LogP contribution is 2.36. The number of aromatic nitrogens is 2. The summed E-state index contributed by atoms with van der Waals surface area (Å²) in [5.41, 5.74) is -1.92. The van der Waals surface area contributed by atoms with E-state index >= 15 is 0 Å². The second-order valence-electron chi connectivity index (χ2n) is 4.62. The predicted molar refractivity (Wildman–Crippen MR) is 72.8 cm³/mol. The van der Waals surface area contributed by atoms with Crippen molar-refractivity contribution in [2.75, 3.05) is 0 Å². The normalized spacial score (nSPS) is 11.8. The molecule has 0 saturated carbocycles. The van der Waals surface area contributed by atoms with Crippen LogP contribution in [-0.4, -0.2) is 9.97 Å². The van der Waals surface area contributed by atoms with Crippen LogP contribution in [0, 0.1) is 5.82 Å². The second kappa shape index (κ2) is 4.94. The van der Waals surface area contributed by atoms with Crippen molar-refractivity contribution >= 4 is 10.9 Å². The zero-order chi connectivity index (χ0) is 15.9. The van der Waals surface area contributed by atoms with Gasteiger partial charge in [0, 0.05) is 5.56 Å². The van der Waals surface area contributed by atoms with Gasteiger partial charge in [0.2, 0.25) is 0 Å². The highest BCUT2D eigenvalue weighted by Gasteiger charge is 2.34. The summed E-state index contributed by atoms with van der Waals surface area (Å²) in [6.07, 6.45) is -4.69. The maximum Gasteiger partial charge on any atom is 0.417 e. The smallest absolute Gasteiger partial charge is 0.306 e. The first kappa shape index (κ1) is 14.2. The number of aromatic amines is 1. The molecule has 1 aromatic heterocycles. The standard InChI is InChI=1S/C15H8F4N2O/c16-8-5-6-11(15(17,18)19)10(7-8)13-20-12-4-2-1-3-9(12)14(22)21-13/h1-7H,(H,20,21,22). The molecule has 0 fully saturated rings. The Morgan fingerprint density at radius 3 is 2.50 bits per heavy atom. The SMILES string of the molecule is O=c1[nH]c(-c2cc(F)ccc2C(F)(F)F)nc2ccccc12. The fourth-order valence-electron chi connectivity index (χ4n) is 2.17. The lowest BCUT2D eigenvalue weighted by atomic mass is 10.1. The first-order valence-corrected chi connectivity index (χ1v) is 6.22. The van der Waals surface area contributed by atoms with Crippen molar-refractivity contribution in [1.29, 1.82) is 0 Å². The lowest BCUT2D eigenvalue weighted by molar-refractivity contribution is -0.137. The molecule has 3 aromatic rings. The van der Waals surface area contributed by atoms with Gasteiger partial charge in [-0.15, -0.1) is 0 Å². The van der Waals surface area contributed by atoms with Crippen molar-refractivity contribution < 1.29 is 17.6 Å².